The molecule has 0 saturated heterocycles. The Morgan fingerprint density at radius 2 is 2.00 bits per heavy atom. The topological polar surface area (TPSA) is 87.5 Å². The fourth-order valence-corrected chi connectivity index (χ4v) is 1.18. The molecule has 0 atom stereocenters. The van der Waals surface area contributed by atoms with Gasteiger partial charge in [-0.2, -0.15) is 0 Å². The molecule has 0 aliphatic carbocycles. The molecule has 0 aliphatic heterocycles. The molecule has 0 amide bonds. The number of rotatable bonds is 5. The van der Waals surface area contributed by atoms with Crippen molar-refractivity contribution in [2.24, 2.45) is 0 Å². The van der Waals surface area contributed by atoms with Crippen molar-refractivity contribution in [2.45, 2.75) is 19.4 Å². The first-order chi connectivity index (χ1) is 7.56. The largest absolute Gasteiger partial charge is 0.481 e. The van der Waals surface area contributed by atoms with Crippen LogP contribution in [-0.2, 0) is 0 Å². The quantitative estimate of drug-likeness (QED) is 0.653. The zero-order chi connectivity index (χ0) is 12.2. The molecule has 3 N–H and O–H groups in total. The molecule has 0 unspecified atom stereocenters. The second-order valence-corrected chi connectivity index (χ2v) is 3.86. The molecule has 90 valence electrons. The minimum atomic E-state index is -0.815. The van der Waals surface area contributed by atoms with Crippen LogP contribution in [0.15, 0.2) is 6.33 Å². The van der Waals surface area contributed by atoms with Crippen LogP contribution in [-0.4, -0.2) is 46.0 Å². The number of hydrogen-bond donors (Lipinski definition) is 3. The van der Waals surface area contributed by atoms with Gasteiger partial charge >= 0.3 is 0 Å². The lowest BCUT2D eigenvalue weighted by molar-refractivity contribution is 0.147. The average Bonchev–Trinajstić information content (AvgIpc) is 2.32. The van der Waals surface area contributed by atoms with E-state index >= 15 is 0 Å². The maximum absolute atomic E-state index is 9.17. The first-order valence-corrected chi connectivity index (χ1v) is 4.92. The first kappa shape index (κ1) is 12.7. The second-order valence-electron chi connectivity index (χ2n) is 3.86. The summed E-state index contributed by atoms with van der Waals surface area (Å²) in [5.41, 5.74) is -0.0810. The van der Waals surface area contributed by atoms with Gasteiger partial charge in [0, 0.05) is 0 Å². The normalized spacial score (nSPS) is 11.3. The Morgan fingerprint density at radius 1 is 1.38 bits per heavy atom. The average molecular weight is 227 g/mol. The fraction of sp³-hybridized carbons (Fsp3) is 0.600. The standard InChI is InChI=1S/C10H17N3O3/c1-7-8(11-6-12-9(7)16-3)13-10(2,4-14)5-15/h6,14-15H,4-5H2,1-3H3,(H,11,12,13). The predicted octanol–water partition coefficient (Wildman–Crippen LogP) is -0.0512. The molecule has 0 radical (unpaired) electrons. The van der Waals surface area contributed by atoms with Gasteiger partial charge in [-0.3, -0.25) is 0 Å². The van der Waals surface area contributed by atoms with E-state index in [0.717, 1.165) is 5.56 Å². The van der Waals surface area contributed by atoms with Crippen molar-refractivity contribution in [3.63, 3.8) is 0 Å². The molecule has 1 aromatic rings. The van der Waals surface area contributed by atoms with E-state index in [1.807, 2.05) is 0 Å². The van der Waals surface area contributed by atoms with Gasteiger partial charge in [-0.25, -0.2) is 9.97 Å². The molecule has 16 heavy (non-hydrogen) atoms. The molecule has 0 aliphatic rings. The van der Waals surface area contributed by atoms with Crippen molar-refractivity contribution in [1.82, 2.24) is 9.97 Å². The summed E-state index contributed by atoms with van der Waals surface area (Å²) in [7, 11) is 1.52. The third-order valence-electron chi connectivity index (χ3n) is 2.35. The van der Waals surface area contributed by atoms with E-state index < -0.39 is 5.54 Å². The van der Waals surface area contributed by atoms with Gasteiger partial charge in [0.05, 0.1) is 31.4 Å². The summed E-state index contributed by atoms with van der Waals surface area (Å²) in [5.74, 6) is 1.01. The number of hydrogen-bond acceptors (Lipinski definition) is 6. The smallest absolute Gasteiger partial charge is 0.221 e. The van der Waals surface area contributed by atoms with Gasteiger partial charge in [-0.1, -0.05) is 0 Å². The van der Waals surface area contributed by atoms with E-state index in [1.54, 1.807) is 13.8 Å². The predicted molar refractivity (Wildman–Crippen MR) is 59.5 cm³/mol. The van der Waals surface area contributed by atoms with Crippen molar-refractivity contribution in [3.8, 4) is 5.88 Å². The van der Waals surface area contributed by atoms with E-state index in [1.165, 1.54) is 13.4 Å². The number of methoxy groups -OCH3 is 1. The van der Waals surface area contributed by atoms with Crippen LogP contribution in [0.5, 0.6) is 5.88 Å². The highest BCUT2D eigenvalue weighted by Crippen LogP contribution is 2.22. The van der Waals surface area contributed by atoms with Gasteiger partial charge in [0.15, 0.2) is 0 Å². The molecule has 1 aromatic heterocycles. The third-order valence-corrected chi connectivity index (χ3v) is 2.35. The zero-order valence-corrected chi connectivity index (χ0v) is 9.69. The first-order valence-electron chi connectivity index (χ1n) is 4.92. The molecule has 6 nitrogen and oxygen atoms in total. The van der Waals surface area contributed by atoms with Crippen molar-refractivity contribution in [1.29, 1.82) is 0 Å². The molecule has 0 saturated carbocycles. The van der Waals surface area contributed by atoms with E-state index in [9.17, 15) is 0 Å². The van der Waals surface area contributed by atoms with Crippen LogP contribution in [0.4, 0.5) is 5.82 Å². The molecular formula is C10H17N3O3. The van der Waals surface area contributed by atoms with Crippen LogP contribution in [0, 0.1) is 6.92 Å². The molecule has 1 heterocycles. The Hall–Kier alpha value is -1.40. The lowest BCUT2D eigenvalue weighted by Gasteiger charge is -2.27. The van der Waals surface area contributed by atoms with Crippen molar-refractivity contribution >= 4 is 5.82 Å². The SMILES string of the molecule is COc1ncnc(NC(C)(CO)CO)c1C. The Labute approximate surface area is 94.3 Å². The highest BCUT2D eigenvalue weighted by atomic mass is 16.5. The number of aromatic nitrogens is 2. The van der Waals surface area contributed by atoms with E-state index in [-0.39, 0.29) is 13.2 Å². The number of nitrogens with one attached hydrogen (secondary N) is 1. The third kappa shape index (κ3) is 2.59. The summed E-state index contributed by atoms with van der Waals surface area (Å²) in [6.45, 7) is 3.10. The molecular weight excluding hydrogens is 210 g/mol. The van der Waals surface area contributed by atoms with E-state index in [4.69, 9.17) is 14.9 Å². The summed E-state index contributed by atoms with van der Waals surface area (Å²) >= 11 is 0. The molecule has 0 spiro atoms. The van der Waals surface area contributed by atoms with Crippen LogP contribution in [0.1, 0.15) is 12.5 Å². The molecule has 0 fully saturated rings. The molecule has 1 rings (SSSR count). The van der Waals surface area contributed by atoms with E-state index in [2.05, 4.69) is 15.3 Å². The van der Waals surface area contributed by atoms with Crippen LogP contribution >= 0.6 is 0 Å². The Kier molecular flexibility index (Phi) is 4.03. The monoisotopic (exact) mass is 227 g/mol. The van der Waals surface area contributed by atoms with Gasteiger partial charge in [0.1, 0.15) is 12.1 Å². The van der Waals surface area contributed by atoms with Gasteiger partial charge < -0.3 is 20.3 Å². The number of aliphatic hydroxyl groups is 2. The van der Waals surface area contributed by atoms with Crippen LogP contribution in [0.25, 0.3) is 0 Å². The lowest BCUT2D eigenvalue weighted by Crippen LogP contribution is -2.43. The number of ether oxygens (including phenoxy) is 1. The number of aliphatic hydroxyl groups excluding tert-OH is 2. The van der Waals surface area contributed by atoms with Crippen molar-refractivity contribution in [2.75, 3.05) is 25.6 Å². The molecule has 0 aromatic carbocycles. The van der Waals surface area contributed by atoms with Gasteiger partial charge in [-0.05, 0) is 13.8 Å². The van der Waals surface area contributed by atoms with Crippen LogP contribution in [0.3, 0.4) is 0 Å². The highest BCUT2D eigenvalue weighted by molar-refractivity contribution is 5.49. The van der Waals surface area contributed by atoms with Crippen molar-refractivity contribution in [3.05, 3.63) is 11.9 Å². The summed E-state index contributed by atoms with van der Waals surface area (Å²) < 4.78 is 5.05. The molecule has 0 bridgehead atoms. The maximum Gasteiger partial charge on any atom is 0.221 e. The van der Waals surface area contributed by atoms with Gasteiger partial charge in [-0.15, -0.1) is 0 Å². The Morgan fingerprint density at radius 3 is 2.50 bits per heavy atom. The minimum absolute atomic E-state index is 0.199. The minimum Gasteiger partial charge on any atom is -0.481 e. The van der Waals surface area contributed by atoms with Crippen LogP contribution in [0.2, 0.25) is 0 Å². The second kappa shape index (κ2) is 5.09. The van der Waals surface area contributed by atoms with E-state index in [0.29, 0.717) is 11.7 Å². The zero-order valence-electron chi connectivity index (χ0n) is 9.69. The maximum atomic E-state index is 9.17. The Bertz CT molecular complexity index is 353. The summed E-state index contributed by atoms with van der Waals surface area (Å²) in [6.07, 6.45) is 1.36. The lowest BCUT2D eigenvalue weighted by atomic mass is 10.1. The number of anilines is 1. The number of nitrogens with zero attached hydrogens (tertiary/aromatic N) is 2. The van der Waals surface area contributed by atoms with Crippen molar-refractivity contribution < 1.29 is 14.9 Å². The summed E-state index contributed by atoms with van der Waals surface area (Å²) in [6, 6.07) is 0. The Balaban J connectivity index is 2.97. The van der Waals surface area contributed by atoms with Gasteiger partial charge in [0.25, 0.3) is 0 Å². The highest BCUT2D eigenvalue weighted by Gasteiger charge is 2.23. The summed E-state index contributed by atoms with van der Waals surface area (Å²) in [5, 5.41) is 21.3. The fourth-order valence-electron chi connectivity index (χ4n) is 1.18. The van der Waals surface area contributed by atoms with Gasteiger partial charge in [0.2, 0.25) is 5.88 Å². The van der Waals surface area contributed by atoms with Crippen LogP contribution < -0.4 is 10.1 Å². The summed E-state index contributed by atoms with van der Waals surface area (Å²) in [4.78, 5) is 7.98. The molecule has 6 heteroatoms.